The van der Waals surface area contributed by atoms with Crippen LogP contribution in [0.5, 0.6) is 17.2 Å². The maximum Gasteiger partial charge on any atom is 0.232 e. The van der Waals surface area contributed by atoms with E-state index in [1.54, 1.807) is 7.11 Å². The molecule has 0 saturated carbocycles. The summed E-state index contributed by atoms with van der Waals surface area (Å²) < 4.78 is 11.3. The van der Waals surface area contributed by atoms with Crippen molar-refractivity contribution in [3.8, 4) is 17.2 Å². The lowest BCUT2D eigenvalue weighted by molar-refractivity contribution is -0.122. The molecule has 0 radical (unpaired) electrons. The quantitative estimate of drug-likeness (QED) is 0.666. The number of carbonyl (C=O) groups is 1. The van der Waals surface area contributed by atoms with Crippen LogP contribution >= 0.6 is 0 Å². The second-order valence-electron chi connectivity index (χ2n) is 7.61. The van der Waals surface area contributed by atoms with Gasteiger partial charge in [0.25, 0.3) is 0 Å². The van der Waals surface area contributed by atoms with Gasteiger partial charge in [-0.05, 0) is 43.9 Å². The normalized spacial score (nSPS) is 13.7. The predicted molar refractivity (Wildman–Crippen MR) is 117 cm³/mol. The molecule has 0 aliphatic carbocycles. The van der Waals surface area contributed by atoms with E-state index < -0.39 is 5.92 Å². The van der Waals surface area contributed by atoms with Gasteiger partial charge in [0.15, 0.2) is 0 Å². The minimum Gasteiger partial charge on any atom is -0.497 e. The van der Waals surface area contributed by atoms with Crippen molar-refractivity contribution in [1.82, 2.24) is 10.2 Å². The molecule has 0 saturated heterocycles. The van der Waals surface area contributed by atoms with Gasteiger partial charge in [-0.25, -0.2) is 0 Å². The average Bonchev–Trinajstić information content (AvgIpc) is 2.77. The Morgan fingerprint density at radius 3 is 2.07 bits per heavy atom. The van der Waals surface area contributed by atoms with Crippen LogP contribution in [0.25, 0.3) is 0 Å². The molecule has 1 unspecified atom stereocenters. The van der Waals surface area contributed by atoms with E-state index >= 15 is 0 Å². The minimum atomic E-state index is -0.398. The minimum absolute atomic E-state index is 0.0291. The van der Waals surface area contributed by atoms with Crippen molar-refractivity contribution >= 4 is 5.91 Å². The summed E-state index contributed by atoms with van der Waals surface area (Å²) in [5, 5.41) is 3.18. The number of rotatable bonds is 6. The highest BCUT2D eigenvalue weighted by molar-refractivity contribution is 5.89. The first-order valence-electron chi connectivity index (χ1n) is 10.0. The smallest absolute Gasteiger partial charge is 0.232 e. The van der Waals surface area contributed by atoms with Gasteiger partial charge >= 0.3 is 0 Å². The Labute approximate surface area is 177 Å². The number of fused-ring (bicyclic) bond motifs is 2. The van der Waals surface area contributed by atoms with E-state index in [0.717, 1.165) is 33.9 Å². The highest BCUT2D eigenvalue weighted by Gasteiger charge is 2.32. The highest BCUT2D eigenvalue weighted by atomic mass is 16.5. The Balaban J connectivity index is 1.57. The highest BCUT2D eigenvalue weighted by Crippen LogP contribution is 2.43. The third-order valence-electron chi connectivity index (χ3n) is 5.54. The van der Waals surface area contributed by atoms with Crippen molar-refractivity contribution in [2.45, 2.75) is 12.0 Å². The Bertz CT molecular complexity index is 985. The number of ether oxygens (including phenoxy) is 2. The Morgan fingerprint density at radius 1 is 0.967 bits per heavy atom. The summed E-state index contributed by atoms with van der Waals surface area (Å²) in [6.45, 7) is 0.500. The number of methoxy groups -OCH3 is 1. The summed E-state index contributed by atoms with van der Waals surface area (Å²) in [6, 6.07) is 23.5. The zero-order valence-electron chi connectivity index (χ0n) is 17.5. The molecule has 1 amide bonds. The number of nitrogens with one attached hydrogen (secondary N) is 1. The van der Waals surface area contributed by atoms with Gasteiger partial charge in [-0.15, -0.1) is 0 Å². The monoisotopic (exact) mass is 402 g/mol. The molecule has 154 valence electrons. The summed E-state index contributed by atoms with van der Waals surface area (Å²) in [4.78, 5) is 15.5. The second kappa shape index (κ2) is 8.59. The van der Waals surface area contributed by atoms with Crippen LogP contribution in [0.4, 0.5) is 0 Å². The largest absolute Gasteiger partial charge is 0.497 e. The standard InChI is InChI=1S/C25H26N2O3/c1-27(2)21(17-12-14-18(29-3)15-13-17)16-26-25(28)24-19-8-4-6-10-22(19)30-23-11-7-5-9-20(23)24/h4-15,21,24H,16H2,1-3H3,(H,26,28). The van der Waals surface area contributed by atoms with Crippen molar-refractivity contribution in [3.63, 3.8) is 0 Å². The fourth-order valence-corrected chi connectivity index (χ4v) is 3.92. The fraction of sp³-hybridized carbons (Fsp3) is 0.240. The number of amides is 1. The zero-order valence-corrected chi connectivity index (χ0v) is 17.5. The lowest BCUT2D eigenvalue weighted by atomic mass is 9.87. The predicted octanol–water partition coefficient (Wildman–Crippen LogP) is 4.35. The molecule has 3 aromatic carbocycles. The molecule has 1 heterocycles. The molecule has 0 spiro atoms. The zero-order chi connectivity index (χ0) is 21.1. The molecule has 1 aliphatic heterocycles. The summed E-state index contributed by atoms with van der Waals surface area (Å²) in [5.74, 6) is 1.85. The van der Waals surface area contributed by atoms with Crippen molar-refractivity contribution in [2.75, 3.05) is 27.7 Å². The van der Waals surface area contributed by atoms with Crippen LogP contribution in [0, 0.1) is 0 Å². The Hall–Kier alpha value is -3.31. The van der Waals surface area contributed by atoms with E-state index in [2.05, 4.69) is 10.2 Å². The van der Waals surface area contributed by atoms with Gasteiger partial charge in [-0.2, -0.15) is 0 Å². The number of hydrogen-bond acceptors (Lipinski definition) is 4. The van der Waals surface area contributed by atoms with E-state index in [4.69, 9.17) is 9.47 Å². The average molecular weight is 402 g/mol. The topological polar surface area (TPSA) is 50.8 Å². The SMILES string of the molecule is COc1ccc(C(CNC(=O)C2c3ccccc3Oc3ccccc32)N(C)C)cc1. The van der Waals surface area contributed by atoms with Gasteiger partial charge < -0.3 is 19.7 Å². The molecule has 1 aliphatic rings. The van der Waals surface area contributed by atoms with Crippen LogP contribution in [0.2, 0.25) is 0 Å². The van der Waals surface area contributed by atoms with Crippen LogP contribution in [0.1, 0.15) is 28.7 Å². The summed E-state index contributed by atoms with van der Waals surface area (Å²) in [7, 11) is 5.68. The first-order chi connectivity index (χ1) is 14.6. The third-order valence-corrected chi connectivity index (χ3v) is 5.54. The summed E-state index contributed by atoms with van der Waals surface area (Å²) in [6.07, 6.45) is 0. The molecule has 5 heteroatoms. The molecule has 4 rings (SSSR count). The molecule has 30 heavy (non-hydrogen) atoms. The maximum atomic E-state index is 13.4. The maximum absolute atomic E-state index is 13.4. The van der Waals surface area contributed by atoms with Gasteiger partial charge in [0.2, 0.25) is 5.91 Å². The first-order valence-corrected chi connectivity index (χ1v) is 10.0. The number of hydrogen-bond donors (Lipinski definition) is 1. The lowest BCUT2D eigenvalue weighted by Crippen LogP contribution is -2.38. The van der Waals surface area contributed by atoms with Crippen LogP contribution in [0.3, 0.4) is 0 Å². The molecule has 5 nitrogen and oxygen atoms in total. The number of benzene rings is 3. The Kier molecular flexibility index (Phi) is 5.72. The molecular formula is C25H26N2O3. The van der Waals surface area contributed by atoms with Crippen molar-refractivity contribution in [1.29, 1.82) is 0 Å². The van der Waals surface area contributed by atoms with Crippen LogP contribution in [0.15, 0.2) is 72.8 Å². The molecular weight excluding hydrogens is 376 g/mol. The van der Waals surface area contributed by atoms with Gasteiger partial charge in [-0.3, -0.25) is 4.79 Å². The molecule has 1 N–H and O–H groups in total. The number of nitrogens with zero attached hydrogens (tertiary/aromatic N) is 1. The summed E-state index contributed by atoms with van der Waals surface area (Å²) in [5.41, 5.74) is 2.90. The van der Waals surface area contributed by atoms with E-state index in [0.29, 0.717) is 6.54 Å². The van der Waals surface area contributed by atoms with Gasteiger partial charge in [0, 0.05) is 17.7 Å². The fourth-order valence-electron chi connectivity index (χ4n) is 3.92. The number of para-hydroxylation sites is 2. The van der Waals surface area contributed by atoms with Crippen molar-refractivity contribution in [2.24, 2.45) is 0 Å². The van der Waals surface area contributed by atoms with Crippen LogP contribution < -0.4 is 14.8 Å². The lowest BCUT2D eigenvalue weighted by Gasteiger charge is -2.29. The summed E-state index contributed by atoms with van der Waals surface area (Å²) >= 11 is 0. The number of likely N-dealkylation sites (N-methyl/N-ethyl adjacent to an activating group) is 1. The molecule has 0 bridgehead atoms. The van der Waals surface area contributed by atoms with Crippen LogP contribution in [-0.4, -0.2) is 38.6 Å². The van der Waals surface area contributed by atoms with E-state index in [1.165, 1.54) is 0 Å². The van der Waals surface area contributed by atoms with Crippen molar-refractivity contribution in [3.05, 3.63) is 89.5 Å². The molecule has 0 aromatic heterocycles. The Morgan fingerprint density at radius 2 is 1.53 bits per heavy atom. The first kappa shape index (κ1) is 20.0. The second-order valence-corrected chi connectivity index (χ2v) is 7.61. The van der Waals surface area contributed by atoms with E-state index in [-0.39, 0.29) is 11.9 Å². The van der Waals surface area contributed by atoms with E-state index in [1.807, 2.05) is 86.9 Å². The van der Waals surface area contributed by atoms with Crippen LogP contribution in [-0.2, 0) is 4.79 Å². The van der Waals surface area contributed by atoms with Crippen molar-refractivity contribution < 1.29 is 14.3 Å². The van der Waals surface area contributed by atoms with E-state index in [9.17, 15) is 4.79 Å². The molecule has 3 aromatic rings. The van der Waals surface area contributed by atoms with Gasteiger partial charge in [0.05, 0.1) is 19.1 Å². The number of carbonyl (C=O) groups excluding carboxylic acids is 1. The molecule has 1 atom stereocenters. The molecule has 0 fully saturated rings. The third kappa shape index (κ3) is 3.89. The van der Waals surface area contributed by atoms with Gasteiger partial charge in [0.1, 0.15) is 17.2 Å². The van der Waals surface area contributed by atoms with Gasteiger partial charge in [-0.1, -0.05) is 48.5 Å².